The lowest BCUT2D eigenvalue weighted by Crippen LogP contribution is -2.27. The number of rotatable bonds is 6. The molecule has 4 N–H and O–H groups in total. The van der Waals surface area contributed by atoms with Gasteiger partial charge in [-0.1, -0.05) is 11.6 Å². The summed E-state index contributed by atoms with van der Waals surface area (Å²) in [6, 6.07) is 5.33. The Morgan fingerprint density at radius 1 is 1.34 bits per heavy atom. The van der Waals surface area contributed by atoms with Gasteiger partial charge in [0.1, 0.15) is 5.82 Å². The van der Waals surface area contributed by atoms with Crippen molar-refractivity contribution in [1.29, 1.82) is 5.41 Å². The first-order valence-electron chi connectivity index (χ1n) is 9.37. The van der Waals surface area contributed by atoms with Crippen LogP contribution in [0.2, 0.25) is 5.02 Å². The van der Waals surface area contributed by atoms with Crippen LogP contribution in [0.3, 0.4) is 0 Å². The number of likely N-dealkylation sites (tertiary alicyclic amines) is 1. The molecule has 1 aromatic carbocycles. The van der Waals surface area contributed by atoms with Crippen LogP contribution in [-0.4, -0.2) is 57.1 Å². The van der Waals surface area contributed by atoms with E-state index >= 15 is 0 Å². The third-order valence-electron chi connectivity index (χ3n) is 4.93. The van der Waals surface area contributed by atoms with Gasteiger partial charge in [-0.2, -0.15) is 4.98 Å². The molecule has 29 heavy (non-hydrogen) atoms. The van der Waals surface area contributed by atoms with Crippen LogP contribution >= 0.6 is 11.6 Å². The van der Waals surface area contributed by atoms with Crippen LogP contribution in [0.5, 0.6) is 0 Å². The van der Waals surface area contributed by atoms with Gasteiger partial charge >= 0.3 is 0 Å². The Kier molecular flexibility index (Phi) is 5.61. The fourth-order valence-corrected chi connectivity index (χ4v) is 3.57. The Balaban J connectivity index is 1.52. The molecule has 152 valence electrons. The van der Waals surface area contributed by atoms with E-state index in [9.17, 15) is 9.60 Å². The molecule has 0 unspecified atom stereocenters. The number of nitrogens with one attached hydrogen (secondary N) is 3. The molecule has 3 aromatic rings. The summed E-state index contributed by atoms with van der Waals surface area (Å²) < 4.78 is 13.4. The lowest BCUT2D eigenvalue weighted by atomic mass is 10.2. The summed E-state index contributed by atoms with van der Waals surface area (Å²) in [6.07, 6.45) is 4.01. The second-order valence-electron chi connectivity index (χ2n) is 6.88. The molecule has 2 aromatic heterocycles. The van der Waals surface area contributed by atoms with Crippen molar-refractivity contribution in [2.45, 2.75) is 12.8 Å². The van der Waals surface area contributed by atoms with Crippen LogP contribution in [-0.2, 0) is 0 Å². The minimum absolute atomic E-state index is 0.139. The lowest BCUT2D eigenvalue weighted by molar-refractivity contribution is 0.312. The number of nitrogens with zero attached hydrogens (tertiary/aromatic N) is 4. The number of pyridine rings is 1. The maximum atomic E-state index is 13.4. The van der Waals surface area contributed by atoms with Crippen molar-refractivity contribution >= 4 is 40.2 Å². The number of hydrogen-bond acceptors (Lipinski definition) is 6. The molecule has 0 aliphatic carbocycles. The Bertz CT molecular complexity index is 1030. The summed E-state index contributed by atoms with van der Waals surface area (Å²) in [4.78, 5) is 14.2. The Labute approximate surface area is 171 Å². The first-order valence-corrected chi connectivity index (χ1v) is 9.74. The fourth-order valence-electron chi connectivity index (χ4n) is 3.39. The van der Waals surface area contributed by atoms with Gasteiger partial charge in [-0.15, -0.1) is 0 Å². The Morgan fingerprint density at radius 3 is 2.90 bits per heavy atom. The number of fused-ring (bicyclic) bond motifs is 1. The van der Waals surface area contributed by atoms with E-state index in [-0.39, 0.29) is 16.5 Å². The normalized spacial score (nSPS) is 14.4. The number of halogens is 2. The number of aromatic nitrogens is 3. The number of H-pyrrole nitrogens is 1. The van der Waals surface area contributed by atoms with Crippen molar-refractivity contribution in [2.75, 3.05) is 36.6 Å². The molecule has 1 fully saturated rings. The summed E-state index contributed by atoms with van der Waals surface area (Å²) >= 11 is 5.78. The van der Waals surface area contributed by atoms with E-state index in [1.165, 1.54) is 31.2 Å². The number of amidine groups is 1. The van der Waals surface area contributed by atoms with Gasteiger partial charge in [-0.3, -0.25) is 10.6 Å². The number of aromatic amines is 1. The van der Waals surface area contributed by atoms with Crippen LogP contribution in [0.25, 0.3) is 11.2 Å². The highest BCUT2D eigenvalue weighted by atomic mass is 35.5. The van der Waals surface area contributed by atoms with Crippen molar-refractivity contribution in [3.8, 4) is 0 Å². The van der Waals surface area contributed by atoms with Gasteiger partial charge in [0, 0.05) is 24.8 Å². The predicted octanol–water partition coefficient (Wildman–Crippen LogP) is 3.48. The van der Waals surface area contributed by atoms with Crippen molar-refractivity contribution < 1.29 is 9.60 Å². The molecular formula is C19H21ClFN7O. The molecule has 1 aliphatic heterocycles. The van der Waals surface area contributed by atoms with E-state index in [2.05, 4.69) is 25.2 Å². The first-order chi connectivity index (χ1) is 14.0. The third-order valence-corrected chi connectivity index (χ3v) is 5.22. The van der Waals surface area contributed by atoms with Gasteiger partial charge < -0.3 is 15.2 Å². The highest BCUT2D eigenvalue weighted by Crippen LogP contribution is 2.24. The number of benzene rings is 1. The summed E-state index contributed by atoms with van der Waals surface area (Å²) in [7, 11) is 0. The molecule has 1 saturated heterocycles. The van der Waals surface area contributed by atoms with Gasteiger partial charge in [0.2, 0.25) is 5.95 Å². The van der Waals surface area contributed by atoms with Crippen LogP contribution in [0.1, 0.15) is 18.4 Å². The molecule has 0 amide bonds. The van der Waals surface area contributed by atoms with E-state index in [1.54, 1.807) is 6.07 Å². The van der Waals surface area contributed by atoms with E-state index < -0.39 is 5.82 Å². The maximum Gasteiger partial charge on any atom is 0.202 e. The van der Waals surface area contributed by atoms with Crippen molar-refractivity contribution in [1.82, 2.24) is 19.9 Å². The minimum Gasteiger partial charge on any atom is -0.354 e. The Morgan fingerprint density at radius 2 is 2.14 bits per heavy atom. The van der Waals surface area contributed by atoms with Crippen LogP contribution in [0.4, 0.5) is 16.0 Å². The molecule has 0 radical (unpaired) electrons. The molecule has 8 nitrogen and oxygen atoms in total. The standard InChI is InChI=1S/C19H21ClFN7O/c20-14-11-12(3-4-15(14)21)28(29)17(22)13-5-6-23-18-16(13)25-19(26-18)24-7-10-27-8-1-2-9-27/h3-6,11,22,29H,1-2,7-10H2,(H2,23,24,25,26). The predicted molar refractivity (Wildman–Crippen MR) is 111 cm³/mol. The van der Waals surface area contributed by atoms with Crippen LogP contribution < -0.4 is 10.4 Å². The zero-order valence-corrected chi connectivity index (χ0v) is 16.4. The smallest absolute Gasteiger partial charge is 0.202 e. The fraction of sp³-hybridized carbons (Fsp3) is 0.316. The maximum absolute atomic E-state index is 13.4. The Hall–Kier alpha value is -2.75. The SMILES string of the molecule is N=C(c1ccnc2nc(NCCN3CCCC3)[nH]c12)N(O)c1ccc(F)c(Cl)c1. The van der Waals surface area contributed by atoms with E-state index in [4.69, 9.17) is 17.0 Å². The van der Waals surface area contributed by atoms with Crippen LogP contribution in [0, 0.1) is 11.2 Å². The lowest BCUT2D eigenvalue weighted by Gasteiger charge is -2.18. The molecular weight excluding hydrogens is 397 g/mol. The average Bonchev–Trinajstić information content (AvgIpc) is 3.38. The van der Waals surface area contributed by atoms with E-state index in [0.29, 0.717) is 27.7 Å². The molecule has 0 spiro atoms. The number of imidazole rings is 1. The van der Waals surface area contributed by atoms with Gasteiger partial charge in [-0.25, -0.2) is 14.4 Å². The van der Waals surface area contributed by atoms with Crippen molar-refractivity contribution in [2.24, 2.45) is 0 Å². The van der Waals surface area contributed by atoms with Gasteiger partial charge in [-0.05, 0) is 50.2 Å². The number of hydrogen-bond donors (Lipinski definition) is 4. The van der Waals surface area contributed by atoms with Crippen molar-refractivity contribution in [3.05, 3.63) is 46.9 Å². The van der Waals surface area contributed by atoms with Crippen LogP contribution in [0.15, 0.2) is 30.5 Å². The minimum atomic E-state index is -0.597. The van der Waals surface area contributed by atoms with E-state index in [1.807, 2.05) is 0 Å². The van der Waals surface area contributed by atoms with Crippen molar-refractivity contribution in [3.63, 3.8) is 0 Å². The quantitative estimate of drug-likeness (QED) is 0.278. The molecule has 0 atom stereocenters. The molecule has 0 bridgehead atoms. The summed E-state index contributed by atoms with van der Waals surface area (Å²) in [5.41, 5.74) is 1.53. The van der Waals surface area contributed by atoms with E-state index in [0.717, 1.165) is 32.2 Å². The zero-order chi connectivity index (χ0) is 20.4. The second kappa shape index (κ2) is 8.32. The number of anilines is 2. The molecule has 10 heteroatoms. The monoisotopic (exact) mass is 417 g/mol. The van der Waals surface area contributed by atoms with Gasteiger partial charge in [0.15, 0.2) is 11.5 Å². The highest BCUT2D eigenvalue weighted by molar-refractivity contribution is 6.31. The largest absolute Gasteiger partial charge is 0.354 e. The summed E-state index contributed by atoms with van der Waals surface area (Å²) in [5, 5.41) is 22.6. The average molecular weight is 418 g/mol. The molecule has 0 saturated carbocycles. The second-order valence-corrected chi connectivity index (χ2v) is 7.28. The topological polar surface area (TPSA) is 104 Å². The molecule has 3 heterocycles. The highest BCUT2D eigenvalue weighted by Gasteiger charge is 2.18. The van der Waals surface area contributed by atoms with Gasteiger partial charge in [0.05, 0.1) is 16.2 Å². The molecule has 4 rings (SSSR count). The summed E-state index contributed by atoms with van der Waals surface area (Å²) in [6.45, 7) is 3.94. The molecule has 1 aliphatic rings. The third kappa shape index (κ3) is 4.16. The first kappa shape index (κ1) is 19.6. The van der Waals surface area contributed by atoms with Gasteiger partial charge in [0.25, 0.3) is 0 Å². The summed E-state index contributed by atoms with van der Waals surface area (Å²) in [5.74, 6) is -0.256. The number of hydroxylamine groups is 1. The zero-order valence-electron chi connectivity index (χ0n) is 15.6.